The zero-order valence-electron chi connectivity index (χ0n) is 15.1. The molecule has 4 N–H and O–H groups in total. The van der Waals surface area contributed by atoms with Crippen LogP contribution in [0.2, 0.25) is 5.02 Å². The standard InChI is InChI=1S/C14H12ClNO2.C5H11NO2S/c1-9-11(15)6-4-8-12(9)16-13-7-3-2-5-10(13)14(17)18;1-2-8-5(7)4(6)3-9/h2-8,16H,1H3,(H,17,18);4,9H,2-3,6H2,1H3/t;4-/m.0/s1. The largest absolute Gasteiger partial charge is 0.478 e. The van der Waals surface area contributed by atoms with Crippen LogP contribution in [0.5, 0.6) is 0 Å². The number of carboxylic acid groups (broad SMARTS) is 1. The fourth-order valence-corrected chi connectivity index (χ4v) is 2.31. The molecule has 2 aromatic rings. The highest BCUT2D eigenvalue weighted by Gasteiger charge is 2.11. The lowest BCUT2D eigenvalue weighted by Crippen LogP contribution is -2.33. The molecule has 0 amide bonds. The predicted molar refractivity (Wildman–Crippen MR) is 111 cm³/mol. The number of benzene rings is 2. The molecular weight excluding hydrogens is 388 g/mol. The van der Waals surface area contributed by atoms with E-state index in [2.05, 4.69) is 22.7 Å². The molecule has 0 bridgehead atoms. The van der Waals surface area contributed by atoms with Crippen LogP contribution in [0.25, 0.3) is 0 Å². The second-order valence-electron chi connectivity index (χ2n) is 5.43. The number of halogens is 1. The molecule has 0 spiro atoms. The molecule has 0 radical (unpaired) electrons. The molecule has 0 aliphatic rings. The van der Waals surface area contributed by atoms with Crippen molar-refractivity contribution >= 4 is 47.5 Å². The average molecular weight is 411 g/mol. The van der Waals surface area contributed by atoms with E-state index in [9.17, 15) is 9.59 Å². The van der Waals surface area contributed by atoms with Crippen molar-refractivity contribution in [1.82, 2.24) is 0 Å². The van der Waals surface area contributed by atoms with Crippen molar-refractivity contribution in [3.63, 3.8) is 0 Å². The molecule has 6 nitrogen and oxygen atoms in total. The van der Waals surface area contributed by atoms with E-state index in [-0.39, 0.29) is 11.5 Å². The topological polar surface area (TPSA) is 102 Å². The van der Waals surface area contributed by atoms with E-state index in [0.717, 1.165) is 11.3 Å². The normalized spacial score (nSPS) is 11.0. The van der Waals surface area contributed by atoms with Gasteiger partial charge in [0.1, 0.15) is 6.04 Å². The zero-order valence-corrected chi connectivity index (χ0v) is 16.8. The highest BCUT2D eigenvalue weighted by atomic mass is 35.5. The lowest BCUT2D eigenvalue weighted by atomic mass is 10.1. The maximum atomic E-state index is 11.1. The number of carbonyl (C=O) groups is 2. The van der Waals surface area contributed by atoms with Crippen molar-refractivity contribution in [2.45, 2.75) is 19.9 Å². The molecule has 0 aromatic heterocycles. The third-order valence-corrected chi connectivity index (χ3v) is 4.28. The summed E-state index contributed by atoms with van der Waals surface area (Å²) in [6, 6.07) is 11.7. The molecule has 0 aliphatic carbocycles. The van der Waals surface area contributed by atoms with Crippen molar-refractivity contribution in [3.8, 4) is 0 Å². The highest BCUT2D eigenvalue weighted by molar-refractivity contribution is 7.80. The van der Waals surface area contributed by atoms with Gasteiger partial charge in [0, 0.05) is 16.5 Å². The first kappa shape index (κ1) is 22.8. The summed E-state index contributed by atoms with van der Waals surface area (Å²) in [5.74, 6) is -1.01. The second kappa shape index (κ2) is 11.5. The van der Waals surface area contributed by atoms with Crippen LogP contribution in [-0.2, 0) is 9.53 Å². The Hall–Kier alpha value is -2.22. The van der Waals surface area contributed by atoms with Crippen LogP contribution >= 0.6 is 24.2 Å². The third-order valence-electron chi connectivity index (χ3n) is 3.48. The minimum absolute atomic E-state index is 0.233. The van der Waals surface area contributed by atoms with Gasteiger partial charge in [0.05, 0.1) is 17.9 Å². The van der Waals surface area contributed by atoms with E-state index in [0.29, 0.717) is 23.1 Å². The van der Waals surface area contributed by atoms with Crippen molar-refractivity contribution < 1.29 is 19.4 Å². The number of rotatable bonds is 6. The summed E-state index contributed by atoms with van der Waals surface area (Å²) >= 11 is 9.85. The first-order valence-electron chi connectivity index (χ1n) is 8.19. The fourth-order valence-electron chi connectivity index (χ4n) is 1.99. The van der Waals surface area contributed by atoms with Crippen molar-refractivity contribution in [1.29, 1.82) is 0 Å². The molecule has 0 saturated heterocycles. The van der Waals surface area contributed by atoms with E-state index < -0.39 is 12.0 Å². The van der Waals surface area contributed by atoms with Crippen LogP contribution in [-0.4, -0.2) is 35.4 Å². The summed E-state index contributed by atoms with van der Waals surface area (Å²) in [5.41, 5.74) is 7.73. The monoisotopic (exact) mass is 410 g/mol. The lowest BCUT2D eigenvalue weighted by Gasteiger charge is -2.12. The number of hydrogen-bond acceptors (Lipinski definition) is 6. The number of aromatic carboxylic acids is 1. The van der Waals surface area contributed by atoms with Gasteiger partial charge in [-0.2, -0.15) is 12.6 Å². The number of hydrogen-bond donors (Lipinski definition) is 4. The first-order chi connectivity index (χ1) is 12.8. The van der Waals surface area contributed by atoms with Gasteiger partial charge in [0.15, 0.2) is 0 Å². The summed E-state index contributed by atoms with van der Waals surface area (Å²) < 4.78 is 4.58. The minimum atomic E-state index is -0.960. The first-order valence-corrected chi connectivity index (χ1v) is 9.20. The highest BCUT2D eigenvalue weighted by Crippen LogP contribution is 2.27. The number of thiol groups is 1. The molecule has 8 heteroatoms. The second-order valence-corrected chi connectivity index (χ2v) is 6.20. The van der Waals surface area contributed by atoms with Crippen LogP contribution in [0.15, 0.2) is 42.5 Å². The molecule has 0 unspecified atom stereocenters. The van der Waals surface area contributed by atoms with Gasteiger partial charge in [-0.25, -0.2) is 4.79 Å². The number of anilines is 2. The Morgan fingerprint density at radius 1 is 1.22 bits per heavy atom. The van der Waals surface area contributed by atoms with E-state index in [4.69, 9.17) is 22.4 Å². The van der Waals surface area contributed by atoms with Crippen LogP contribution in [0.4, 0.5) is 11.4 Å². The number of para-hydroxylation sites is 1. The molecule has 0 aliphatic heterocycles. The summed E-state index contributed by atoms with van der Waals surface area (Å²) in [5, 5.41) is 12.8. The number of carboxylic acids is 1. The number of carbonyl (C=O) groups excluding carboxylic acids is 1. The summed E-state index contributed by atoms with van der Waals surface area (Å²) in [6.45, 7) is 4.00. The van der Waals surface area contributed by atoms with Crippen molar-refractivity contribution in [2.75, 3.05) is 17.7 Å². The van der Waals surface area contributed by atoms with Crippen LogP contribution in [0.1, 0.15) is 22.8 Å². The maximum Gasteiger partial charge on any atom is 0.337 e. The van der Waals surface area contributed by atoms with Crippen LogP contribution in [0.3, 0.4) is 0 Å². The average Bonchev–Trinajstić information content (AvgIpc) is 2.65. The number of nitrogens with two attached hydrogens (primary N) is 1. The van der Waals surface area contributed by atoms with Gasteiger partial charge in [-0.15, -0.1) is 0 Å². The molecular formula is C19H23ClN2O4S. The molecule has 1 atom stereocenters. The van der Waals surface area contributed by atoms with Crippen molar-refractivity contribution in [3.05, 3.63) is 58.6 Å². The smallest absolute Gasteiger partial charge is 0.337 e. The van der Waals surface area contributed by atoms with Gasteiger partial charge in [0.2, 0.25) is 0 Å². The van der Waals surface area contributed by atoms with E-state index in [1.54, 1.807) is 37.3 Å². The SMILES string of the molecule is CCOC(=O)[C@@H](N)CS.Cc1c(Cl)cccc1Nc1ccccc1C(=O)O. The van der Waals surface area contributed by atoms with Gasteiger partial charge in [-0.05, 0) is 43.7 Å². The number of ether oxygens (including phenoxy) is 1. The van der Waals surface area contributed by atoms with Crippen LogP contribution < -0.4 is 11.1 Å². The molecule has 2 rings (SSSR count). The fraction of sp³-hybridized carbons (Fsp3) is 0.263. The van der Waals surface area contributed by atoms with Gasteiger partial charge >= 0.3 is 11.9 Å². The molecule has 0 fully saturated rings. The van der Waals surface area contributed by atoms with E-state index in [1.807, 2.05) is 19.1 Å². The predicted octanol–water partition coefficient (Wildman–Crippen LogP) is 3.90. The van der Waals surface area contributed by atoms with Gasteiger partial charge in [0.25, 0.3) is 0 Å². The summed E-state index contributed by atoms with van der Waals surface area (Å²) in [7, 11) is 0. The number of esters is 1. The maximum absolute atomic E-state index is 11.1. The Kier molecular flexibility index (Phi) is 9.71. The van der Waals surface area contributed by atoms with Gasteiger partial charge in [-0.3, -0.25) is 4.79 Å². The Morgan fingerprint density at radius 2 is 1.85 bits per heavy atom. The molecule has 0 saturated carbocycles. The summed E-state index contributed by atoms with van der Waals surface area (Å²) in [6.07, 6.45) is 0. The molecule has 27 heavy (non-hydrogen) atoms. The Bertz CT molecular complexity index is 786. The Balaban J connectivity index is 0.000000345. The molecule has 0 heterocycles. The van der Waals surface area contributed by atoms with Gasteiger partial charge in [-0.1, -0.05) is 29.8 Å². The molecule has 2 aromatic carbocycles. The Morgan fingerprint density at radius 3 is 2.44 bits per heavy atom. The van der Waals surface area contributed by atoms with Gasteiger partial charge < -0.3 is 20.9 Å². The van der Waals surface area contributed by atoms with E-state index in [1.165, 1.54) is 0 Å². The lowest BCUT2D eigenvalue weighted by molar-refractivity contribution is -0.144. The number of nitrogens with one attached hydrogen (secondary N) is 1. The quantitative estimate of drug-likeness (QED) is 0.425. The zero-order chi connectivity index (χ0) is 20.4. The van der Waals surface area contributed by atoms with Crippen molar-refractivity contribution in [2.24, 2.45) is 5.73 Å². The van der Waals surface area contributed by atoms with E-state index >= 15 is 0 Å². The summed E-state index contributed by atoms with van der Waals surface area (Å²) in [4.78, 5) is 21.7. The van der Waals surface area contributed by atoms with Crippen LogP contribution in [0, 0.1) is 6.92 Å². The Labute approximate surface area is 169 Å². The molecule has 146 valence electrons. The minimum Gasteiger partial charge on any atom is -0.478 e. The third kappa shape index (κ3) is 7.13.